The maximum absolute atomic E-state index is 14.1. The first-order valence-electron chi connectivity index (χ1n) is 8.79. The highest BCUT2D eigenvalue weighted by Gasteiger charge is 2.32. The lowest BCUT2D eigenvalue weighted by Gasteiger charge is -2.27. The second-order valence-corrected chi connectivity index (χ2v) is 6.65. The molecule has 0 fully saturated rings. The number of pyridine rings is 1. The fraction of sp³-hybridized carbons (Fsp3) is 0.190. The van der Waals surface area contributed by atoms with Gasteiger partial charge in [0.25, 0.3) is 0 Å². The summed E-state index contributed by atoms with van der Waals surface area (Å²) in [4.78, 5) is 4.22. The maximum Gasteiger partial charge on any atom is 0.573 e. The van der Waals surface area contributed by atoms with Crippen LogP contribution in [-0.2, 0) is 12.0 Å². The van der Waals surface area contributed by atoms with E-state index in [-0.39, 0.29) is 24.3 Å². The van der Waals surface area contributed by atoms with E-state index in [1.165, 1.54) is 30.5 Å². The second kappa shape index (κ2) is 8.37. The number of nitrogens with zero attached hydrogens (tertiary/aromatic N) is 1. The van der Waals surface area contributed by atoms with Crippen molar-refractivity contribution >= 4 is 0 Å². The van der Waals surface area contributed by atoms with Crippen LogP contribution in [0.5, 0.6) is 5.75 Å². The van der Waals surface area contributed by atoms with Gasteiger partial charge in [-0.2, -0.15) is 0 Å². The molecule has 0 bridgehead atoms. The van der Waals surface area contributed by atoms with Crippen molar-refractivity contribution in [3.05, 3.63) is 83.7 Å². The van der Waals surface area contributed by atoms with Gasteiger partial charge in [-0.25, -0.2) is 8.78 Å². The van der Waals surface area contributed by atoms with Crippen molar-refractivity contribution in [2.45, 2.75) is 18.4 Å². The average molecular weight is 424 g/mol. The number of nitrogens with two attached hydrogens (primary N) is 1. The topological polar surface area (TPSA) is 68.4 Å². The highest BCUT2D eigenvalue weighted by Crippen LogP contribution is 2.29. The molecule has 1 heterocycles. The standard InChI is InChI=1S/C21H17F5N2O2/c22-15-4-8-18(19(23)9-15)20(29,12-27)10-16-5-1-14(11-28-16)13-2-6-17(7-3-13)30-21(24,25)26/h1-9,11,29H,10,12,27H2/t20-/m0/s1. The fourth-order valence-corrected chi connectivity index (χ4v) is 2.99. The molecule has 4 nitrogen and oxygen atoms in total. The molecule has 0 radical (unpaired) electrons. The van der Waals surface area contributed by atoms with Crippen molar-refractivity contribution in [1.29, 1.82) is 0 Å². The van der Waals surface area contributed by atoms with Gasteiger partial charge in [-0.1, -0.05) is 24.3 Å². The molecule has 3 N–H and O–H groups in total. The van der Waals surface area contributed by atoms with Crippen molar-refractivity contribution in [2.24, 2.45) is 5.73 Å². The quantitative estimate of drug-likeness (QED) is 0.579. The van der Waals surface area contributed by atoms with Gasteiger partial charge in [-0.05, 0) is 29.8 Å². The van der Waals surface area contributed by atoms with E-state index in [4.69, 9.17) is 5.73 Å². The Morgan fingerprint density at radius 1 is 0.933 bits per heavy atom. The predicted octanol–water partition coefficient (Wildman–Crippen LogP) is 4.31. The summed E-state index contributed by atoms with van der Waals surface area (Å²) in [5, 5.41) is 10.8. The van der Waals surface area contributed by atoms with Gasteiger partial charge in [0.05, 0.1) is 0 Å². The minimum absolute atomic E-state index is 0.120. The Kier molecular flexibility index (Phi) is 6.04. The molecule has 158 valence electrons. The van der Waals surface area contributed by atoms with E-state index in [1.54, 1.807) is 12.1 Å². The third-order valence-corrected chi connectivity index (χ3v) is 4.49. The van der Waals surface area contributed by atoms with Gasteiger partial charge in [0.1, 0.15) is 23.0 Å². The fourth-order valence-electron chi connectivity index (χ4n) is 2.99. The van der Waals surface area contributed by atoms with E-state index in [9.17, 15) is 27.1 Å². The molecule has 3 rings (SSSR count). The van der Waals surface area contributed by atoms with Crippen LogP contribution in [0.1, 0.15) is 11.3 Å². The Hall–Kier alpha value is -3.04. The van der Waals surface area contributed by atoms with E-state index in [2.05, 4.69) is 9.72 Å². The molecule has 0 saturated carbocycles. The summed E-state index contributed by atoms with van der Waals surface area (Å²) >= 11 is 0. The number of benzene rings is 2. The smallest absolute Gasteiger partial charge is 0.406 e. The Balaban J connectivity index is 1.78. The van der Waals surface area contributed by atoms with E-state index in [1.807, 2.05) is 0 Å². The van der Waals surface area contributed by atoms with Gasteiger partial charge in [0.2, 0.25) is 0 Å². The summed E-state index contributed by atoms with van der Waals surface area (Å²) in [5.74, 6) is -2.03. The first-order valence-corrected chi connectivity index (χ1v) is 8.79. The minimum Gasteiger partial charge on any atom is -0.406 e. The van der Waals surface area contributed by atoms with Crippen LogP contribution in [0.2, 0.25) is 0 Å². The summed E-state index contributed by atoms with van der Waals surface area (Å²) in [7, 11) is 0. The molecule has 9 heteroatoms. The maximum atomic E-state index is 14.1. The van der Waals surface area contributed by atoms with E-state index >= 15 is 0 Å². The van der Waals surface area contributed by atoms with E-state index in [0.29, 0.717) is 22.9 Å². The Labute approximate surface area is 168 Å². The van der Waals surface area contributed by atoms with Crippen LogP contribution >= 0.6 is 0 Å². The van der Waals surface area contributed by atoms with Crippen LogP contribution in [0.3, 0.4) is 0 Å². The van der Waals surface area contributed by atoms with Crippen LogP contribution < -0.4 is 10.5 Å². The second-order valence-electron chi connectivity index (χ2n) is 6.65. The first kappa shape index (κ1) is 21.7. The van der Waals surface area contributed by atoms with Crippen LogP contribution in [0, 0.1) is 11.6 Å². The zero-order valence-electron chi connectivity index (χ0n) is 15.5. The summed E-state index contributed by atoms with van der Waals surface area (Å²) in [6, 6.07) is 11.3. The number of hydrogen-bond acceptors (Lipinski definition) is 4. The van der Waals surface area contributed by atoms with Gasteiger partial charge < -0.3 is 15.6 Å². The average Bonchev–Trinajstić information content (AvgIpc) is 2.68. The SMILES string of the molecule is NC[C@@](O)(Cc1ccc(-c2ccc(OC(F)(F)F)cc2)cn1)c1ccc(F)cc1F. The highest BCUT2D eigenvalue weighted by molar-refractivity contribution is 5.63. The zero-order valence-corrected chi connectivity index (χ0v) is 15.5. The normalized spacial score (nSPS) is 13.7. The van der Waals surface area contributed by atoms with Crippen molar-refractivity contribution in [3.63, 3.8) is 0 Å². The molecule has 0 unspecified atom stereocenters. The monoisotopic (exact) mass is 424 g/mol. The molecular weight excluding hydrogens is 407 g/mol. The summed E-state index contributed by atoms with van der Waals surface area (Å²) in [5.41, 5.74) is 5.32. The van der Waals surface area contributed by atoms with Gasteiger partial charge in [-0.15, -0.1) is 13.2 Å². The number of hydrogen-bond donors (Lipinski definition) is 2. The van der Waals surface area contributed by atoms with Crippen LogP contribution in [0.4, 0.5) is 22.0 Å². The predicted molar refractivity (Wildman–Crippen MR) is 99.4 cm³/mol. The van der Waals surface area contributed by atoms with Gasteiger partial charge in [0, 0.05) is 42.0 Å². The first-order chi connectivity index (χ1) is 14.1. The summed E-state index contributed by atoms with van der Waals surface area (Å²) in [6.07, 6.45) is -3.42. The van der Waals surface area contributed by atoms with Gasteiger partial charge in [-0.3, -0.25) is 4.98 Å². The molecule has 0 aliphatic heterocycles. The lowest BCUT2D eigenvalue weighted by atomic mass is 9.88. The van der Waals surface area contributed by atoms with Crippen LogP contribution in [0.15, 0.2) is 60.8 Å². The molecule has 1 aromatic heterocycles. The lowest BCUT2D eigenvalue weighted by molar-refractivity contribution is -0.274. The molecule has 2 aromatic carbocycles. The van der Waals surface area contributed by atoms with Crippen molar-refractivity contribution in [3.8, 4) is 16.9 Å². The van der Waals surface area contributed by atoms with Crippen molar-refractivity contribution in [2.75, 3.05) is 6.54 Å². The number of halogens is 5. The zero-order chi connectivity index (χ0) is 21.9. The molecule has 0 spiro atoms. The molecule has 1 atom stereocenters. The van der Waals surface area contributed by atoms with Gasteiger partial charge >= 0.3 is 6.36 Å². The molecule has 3 aromatic rings. The van der Waals surface area contributed by atoms with Crippen molar-refractivity contribution < 1.29 is 31.8 Å². The third kappa shape index (κ3) is 5.11. The van der Waals surface area contributed by atoms with Gasteiger partial charge in [0.15, 0.2) is 0 Å². The molecule has 0 aliphatic rings. The molecular formula is C21H17F5N2O2. The molecule has 0 aliphatic carbocycles. The van der Waals surface area contributed by atoms with Crippen molar-refractivity contribution in [1.82, 2.24) is 4.98 Å². The van der Waals surface area contributed by atoms with Crippen LogP contribution in [0.25, 0.3) is 11.1 Å². The number of ether oxygens (including phenoxy) is 1. The summed E-state index contributed by atoms with van der Waals surface area (Å²) < 4.78 is 67.8. The Bertz CT molecular complexity index is 1010. The largest absolute Gasteiger partial charge is 0.573 e. The number of alkyl halides is 3. The number of aliphatic hydroxyl groups is 1. The Morgan fingerprint density at radius 3 is 2.13 bits per heavy atom. The molecule has 0 amide bonds. The highest BCUT2D eigenvalue weighted by atomic mass is 19.4. The number of rotatable bonds is 6. The molecule has 30 heavy (non-hydrogen) atoms. The minimum atomic E-state index is -4.77. The Morgan fingerprint density at radius 2 is 1.60 bits per heavy atom. The number of aromatic nitrogens is 1. The van der Waals surface area contributed by atoms with Crippen LogP contribution in [-0.4, -0.2) is 23.0 Å². The summed E-state index contributed by atoms with van der Waals surface area (Å²) in [6.45, 7) is -0.320. The third-order valence-electron chi connectivity index (χ3n) is 4.49. The molecule has 0 saturated heterocycles. The van der Waals surface area contributed by atoms with E-state index < -0.39 is 23.6 Å². The van der Waals surface area contributed by atoms with E-state index in [0.717, 1.165) is 12.1 Å². The lowest BCUT2D eigenvalue weighted by Crippen LogP contribution is -2.38.